The Kier molecular flexibility index (Phi) is 5.06. The normalized spacial score (nSPS) is 12.4. The van der Waals surface area contributed by atoms with Gasteiger partial charge in [0.05, 0.1) is 17.4 Å². The first kappa shape index (κ1) is 19.2. The predicted molar refractivity (Wildman–Crippen MR) is 122 cm³/mol. The SMILES string of the molecule is Cn1c(=O)c2ccccc2n2c(CNC(Cc3ccccc3)c3ccccc3)nnc12. The van der Waals surface area contributed by atoms with E-state index in [0.29, 0.717) is 17.7 Å². The molecule has 0 saturated heterocycles. The van der Waals surface area contributed by atoms with E-state index < -0.39 is 0 Å². The van der Waals surface area contributed by atoms with Crippen LogP contribution in [0.5, 0.6) is 0 Å². The van der Waals surface area contributed by atoms with Crippen LogP contribution in [0.2, 0.25) is 0 Å². The summed E-state index contributed by atoms with van der Waals surface area (Å²) in [7, 11) is 1.73. The molecule has 0 radical (unpaired) electrons. The van der Waals surface area contributed by atoms with Crippen molar-refractivity contribution in [2.45, 2.75) is 19.0 Å². The van der Waals surface area contributed by atoms with Crippen LogP contribution in [0.3, 0.4) is 0 Å². The number of fused-ring (bicyclic) bond motifs is 3. The Bertz CT molecular complexity index is 1390. The summed E-state index contributed by atoms with van der Waals surface area (Å²) in [6, 6.07) is 28.6. The third kappa shape index (κ3) is 3.62. The van der Waals surface area contributed by atoms with Crippen LogP contribution < -0.4 is 10.9 Å². The lowest BCUT2D eigenvalue weighted by molar-refractivity contribution is 0.517. The summed E-state index contributed by atoms with van der Waals surface area (Å²) in [5, 5.41) is 13.0. The van der Waals surface area contributed by atoms with E-state index in [1.807, 2.05) is 40.8 Å². The highest BCUT2D eigenvalue weighted by atomic mass is 16.1. The van der Waals surface area contributed by atoms with Crippen molar-refractivity contribution < 1.29 is 0 Å². The number of benzene rings is 3. The Morgan fingerprint density at radius 2 is 1.55 bits per heavy atom. The molecule has 2 aromatic heterocycles. The van der Waals surface area contributed by atoms with Gasteiger partial charge in [0.2, 0.25) is 5.78 Å². The molecule has 0 fully saturated rings. The molecule has 0 aliphatic heterocycles. The number of hydrogen-bond acceptors (Lipinski definition) is 4. The minimum Gasteiger partial charge on any atom is -0.303 e. The van der Waals surface area contributed by atoms with Gasteiger partial charge in [-0.05, 0) is 29.7 Å². The van der Waals surface area contributed by atoms with E-state index in [9.17, 15) is 4.79 Å². The molecule has 154 valence electrons. The molecule has 6 heteroatoms. The number of rotatable bonds is 6. The average Bonchev–Trinajstić information content (AvgIpc) is 3.26. The lowest BCUT2D eigenvalue weighted by Gasteiger charge is -2.19. The maximum absolute atomic E-state index is 12.7. The van der Waals surface area contributed by atoms with Crippen molar-refractivity contribution in [1.82, 2.24) is 24.5 Å². The molecule has 0 saturated carbocycles. The molecule has 3 aromatic carbocycles. The summed E-state index contributed by atoms with van der Waals surface area (Å²) in [5.41, 5.74) is 3.24. The molecule has 0 aliphatic carbocycles. The quantitative estimate of drug-likeness (QED) is 0.465. The van der Waals surface area contributed by atoms with Crippen molar-refractivity contribution in [3.05, 3.63) is 112 Å². The van der Waals surface area contributed by atoms with Gasteiger partial charge in [-0.25, -0.2) is 0 Å². The van der Waals surface area contributed by atoms with Crippen molar-refractivity contribution in [3.8, 4) is 0 Å². The van der Waals surface area contributed by atoms with Gasteiger partial charge in [0.15, 0.2) is 5.82 Å². The van der Waals surface area contributed by atoms with Crippen LogP contribution >= 0.6 is 0 Å². The zero-order valence-electron chi connectivity index (χ0n) is 17.3. The van der Waals surface area contributed by atoms with Crippen molar-refractivity contribution in [2.75, 3.05) is 0 Å². The second kappa shape index (κ2) is 8.16. The van der Waals surface area contributed by atoms with E-state index in [-0.39, 0.29) is 11.6 Å². The van der Waals surface area contributed by atoms with Crippen molar-refractivity contribution >= 4 is 16.7 Å². The zero-order valence-corrected chi connectivity index (χ0v) is 17.3. The Balaban J connectivity index is 1.52. The maximum Gasteiger partial charge on any atom is 0.262 e. The third-order valence-electron chi connectivity index (χ3n) is 5.68. The van der Waals surface area contributed by atoms with Gasteiger partial charge in [-0.15, -0.1) is 10.2 Å². The Hall–Kier alpha value is -3.77. The lowest BCUT2D eigenvalue weighted by atomic mass is 9.99. The Morgan fingerprint density at radius 1 is 0.871 bits per heavy atom. The van der Waals surface area contributed by atoms with Gasteiger partial charge in [0.1, 0.15) is 0 Å². The molecule has 6 nitrogen and oxygen atoms in total. The second-order valence-electron chi connectivity index (χ2n) is 7.67. The van der Waals surface area contributed by atoms with Gasteiger partial charge in [-0.1, -0.05) is 72.8 Å². The van der Waals surface area contributed by atoms with Gasteiger partial charge >= 0.3 is 0 Å². The predicted octanol–water partition coefficient (Wildman–Crippen LogP) is 3.65. The van der Waals surface area contributed by atoms with Crippen LogP contribution in [0.4, 0.5) is 0 Å². The topological polar surface area (TPSA) is 64.2 Å². The Morgan fingerprint density at radius 3 is 2.32 bits per heavy atom. The smallest absolute Gasteiger partial charge is 0.262 e. The Labute approximate surface area is 179 Å². The van der Waals surface area contributed by atoms with Crippen LogP contribution in [0.1, 0.15) is 23.0 Å². The van der Waals surface area contributed by atoms with Gasteiger partial charge in [0.25, 0.3) is 5.56 Å². The molecule has 0 amide bonds. The van der Waals surface area contributed by atoms with Gasteiger partial charge in [-0.3, -0.25) is 13.8 Å². The van der Waals surface area contributed by atoms with E-state index in [2.05, 4.69) is 64.0 Å². The number of nitrogens with zero attached hydrogens (tertiary/aromatic N) is 4. The average molecular weight is 409 g/mol. The number of hydrogen-bond donors (Lipinski definition) is 1. The maximum atomic E-state index is 12.7. The molecule has 1 atom stereocenters. The van der Waals surface area contributed by atoms with Crippen LogP contribution in [0.25, 0.3) is 16.7 Å². The van der Waals surface area contributed by atoms with Gasteiger partial charge in [0, 0.05) is 13.1 Å². The molecule has 5 rings (SSSR count). The van der Waals surface area contributed by atoms with Crippen molar-refractivity contribution in [3.63, 3.8) is 0 Å². The van der Waals surface area contributed by atoms with Crippen molar-refractivity contribution in [1.29, 1.82) is 0 Å². The largest absolute Gasteiger partial charge is 0.303 e. The molecule has 5 aromatic rings. The lowest BCUT2D eigenvalue weighted by Crippen LogP contribution is -2.25. The second-order valence-corrected chi connectivity index (χ2v) is 7.67. The summed E-state index contributed by atoms with van der Waals surface area (Å²) in [6.45, 7) is 0.524. The highest BCUT2D eigenvalue weighted by molar-refractivity contribution is 5.80. The van der Waals surface area contributed by atoms with E-state index in [0.717, 1.165) is 17.8 Å². The summed E-state index contributed by atoms with van der Waals surface area (Å²) in [6.07, 6.45) is 0.862. The van der Waals surface area contributed by atoms with E-state index in [1.54, 1.807) is 11.6 Å². The van der Waals surface area contributed by atoms with Crippen LogP contribution in [0, 0.1) is 0 Å². The number of aryl methyl sites for hydroxylation is 1. The first-order chi connectivity index (χ1) is 15.2. The number of nitrogens with one attached hydrogen (secondary N) is 1. The van der Waals surface area contributed by atoms with Crippen LogP contribution in [-0.4, -0.2) is 19.2 Å². The summed E-state index contributed by atoms with van der Waals surface area (Å²) >= 11 is 0. The summed E-state index contributed by atoms with van der Waals surface area (Å²) in [4.78, 5) is 12.7. The monoisotopic (exact) mass is 409 g/mol. The van der Waals surface area contributed by atoms with E-state index in [4.69, 9.17) is 0 Å². The summed E-state index contributed by atoms with van der Waals surface area (Å²) in [5.74, 6) is 1.32. The van der Waals surface area contributed by atoms with Gasteiger partial charge in [-0.2, -0.15) is 0 Å². The first-order valence-electron chi connectivity index (χ1n) is 10.4. The third-order valence-corrected chi connectivity index (χ3v) is 5.68. The fourth-order valence-electron chi connectivity index (χ4n) is 4.06. The summed E-state index contributed by atoms with van der Waals surface area (Å²) < 4.78 is 3.52. The highest BCUT2D eigenvalue weighted by Gasteiger charge is 2.17. The fourth-order valence-corrected chi connectivity index (χ4v) is 4.06. The fraction of sp³-hybridized carbons (Fsp3) is 0.160. The van der Waals surface area contributed by atoms with Gasteiger partial charge < -0.3 is 5.32 Å². The molecule has 1 unspecified atom stereocenters. The molecule has 0 spiro atoms. The molecule has 31 heavy (non-hydrogen) atoms. The number of para-hydroxylation sites is 1. The molecule has 1 N–H and O–H groups in total. The zero-order chi connectivity index (χ0) is 21.2. The van der Waals surface area contributed by atoms with E-state index in [1.165, 1.54) is 11.1 Å². The molecular formula is C25H23N5O. The van der Waals surface area contributed by atoms with Crippen LogP contribution in [0.15, 0.2) is 89.7 Å². The van der Waals surface area contributed by atoms with Crippen molar-refractivity contribution in [2.24, 2.45) is 7.05 Å². The number of aromatic nitrogens is 4. The first-order valence-corrected chi connectivity index (χ1v) is 10.4. The van der Waals surface area contributed by atoms with Crippen LogP contribution in [-0.2, 0) is 20.0 Å². The van der Waals surface area contributed by atoms with E-state index >= 15 is 0 Å². The molecule has 0 aliphatic rings. The molecular weight excluding hydrogens is 386 g/mol. The minimum absolute atomic E-state index is 0.0683. The standard InChI is InChI=1S/C25H23N5O/c1-29-24(31)20-14-8-9-15-22(20)30-23(27-28-25(29)30)17-26-21(19-12-6-3-7-13-19)16-18-10-4-2-5-11-18/h2-15,21,26H,16-17H2,1H3. The highest BCUT2D eigenvalue weighted by Crippen LogP contribution is 2.20. The molecule has 2 heterocycles. The minimum atomic E-state index is -0.0683. The molecule has 0 bridgehead atoms.